The lowest BCUT2D eigenvalue weighted by molar-refractivity contribution is -0.141. The van der Waals surface area contributed by atoms with Gasteiger partial charge in [0.05, 0.1) is 32.5 Å². The molecule has 220 valence electrons. The highest BCUT2D eigenvalue weighted by atomic mass is 16.5. The number of aryl methyl sites for hydroxylation is 1. The Kier molecular flexibility index (Phi) is 12.7. The minimum atomic E-state index is -1.22. The zero-order chi connectivity index (χ0) is 29.8. The molecule has 0 spiro atoms. The highest BCUT2D eigenvalue weighted by Crippen LogP contribution is 2.26. The number of nitrogens with zero attached hydrogens (tertiary/aromatic N) is 3. The summed E-state index contributed by atoms with van der Waals surface area (Å²) in [7, 11) is 3.27. The summed E-state index contributed by atoms with van der Waals surface area (Å²) in [5, 5.41) is 18.4. The van der Waals surface area contributed by atoms with E-state index in [9.17, 15) is 24.3 Å². The van der Waals surface area contributed by atoms with Crippen LogP contribution in [0.1, 0.15) is 57.8 Å². The fourth-order valence-corrected chi connectivity index (χ4v) is 4.16. The first-order chi connectivity index (χ1) is 18.9. The molecule has 0 aliphatic carbocycles. The van der Waals surface area contributed by atoms with Crippen LogP contribution < -0.4 is 15.4 Å². The van der Waals surface area contributed by atoms with Crippen molar-refractivity contribution >= 4 is 23.6 Å². The third-order valence-electron chi connectivity index (χ3n) is 6.32. The van der Waals surface area contributed by atoms with E-state index in [2.05, 4.69) is 27.7 Å². The lowest BCUT2D eigenvalue weighted by Gasteiger charge is -2.26. The highest BCUT2D eigenvalue weighted by molar-refractivity contribution is 5.95. The summed E-state index contributed by atoms with van der Waals surface area (Å²) >= 11 is 0. The maximum Gasteiger partial charge on any atom is 0.305 e. The number of unbranched alkanes of at least 4 members (excludes halogenated alkanes) is 2. The van der Waals surface area contributed by atoms with Crippen LogP contribution in [0.5, 0.6) is 5.75 Å². The Hall–Kier alpha value is -3.80. The SMILES string of the molecule is CCCCCN(C)CC(=O)C(CC(=O)O)NC(=O)[C@@H](NC(=O)Cc1cc(-c2nc(C)no2)ccc1OC)C(C)C. The van der Waals surface area contributed by atoms with E-state index < -0.39 is 42.1 Å². The van der Waals surface area contributed by atoms with Crippen LogP contribution in [0.25, 0.3) is 11.5 Å². The largest absolute Gasteiger partial charge is 0.496 e. The Morgan fingerprint density at radius 3 is 2.45 bits per heavy atom. The second kappa shape index (κ2) is 15.7. The number of likely N-dealkylation sites (N-methyl/N-ethyl adjacent to an activating group) is 1. The van der Waals surface area contributed by atoms with Gasteiger partial charge in [0.1, 0.15) is 11.8 Å². The maximum absolute atomic E-state index is 13.2. The molecule has 0 saturated carbocycles. The van der Waals surface area contributed by atoms with E-state index in [1.807, 2.05) is 4.90 Å². The molecule has 1 unspecified atom stereocenters. The first-order valence-corrected chi connectivity index (χ1v) is 13.5. The van der Waals surface area contributed by atoms with Crippen molar-refractivity contribution in [1.29, 1.82) is 0 Å². The molecule has 2 atom stereocenters. The zero-order valence-electron chi connectivity index (χ0n) is 24.2. The molecule has 0 bridgehead atoms. The second-order valence-corrected chi connectivity index (χ2v) is 10.2. The van der Waals surface area contributed by atoms with Gasteiger partial charge in [0.2, 0.25) is 11.8 Å². The monoisotopic (exact) mass is 559 g/mol. The van der Waals surface area contributed by atoms with E-state index in [1.54, 1.807) is 46.0 Å². The van der Waals surface area contributed by atoms with Gasteiger partial charge in [-0.1, -0.05) is 38.8 Å². The summed E-state index contributed by atoms with van der Waals surface area (Å²) in [6.07, 6.45) is 2.32. The topological polar surface area (TPSA) is 164 Å². The van der Waals surface area contributed by atoms with Crippen molar-refractivity contribution in [2.24, 2.45) is 5.92 Å². The molecule has 2 amide bonds. The van der Waals surface area contributed by atoms with Gasteiger partial charge in [0.25, 0.3) is 5.89 Å². The normalized spacial score (nSPS) is 12.7. The van der Waals surface area contributed by atoms with Crippen LogP contribution in [-0.2, 0) is 25.6 Å². The standard InChI is InChI=1S/C28H41N5O7/c1-7-8-9-12-33(5)16-22(34)21(15-25(36)37)30-27(38)26(17(2)3)31-24(35)14-20-13-19(10-11-23(20)39-6)28-29-18(4)32-40-28/h10-11,13,17,21,26H,7-9,12,14-16H2,1-6H3,(H,30,38)(H,31,35)(H,36,37)/t21?,26-/m0/s1. The Bertz CT molecular complexity index is 1160. The van der Waals surface area contributed by atoms with Gasteiger partial charge in [-0.15, -0.1) is 0 Å². The van der Waals surface area contributed by atoms with Crippen molar-refractivity contribution in [3.05, 3.63) is 29.6 Å². The molecule has 0 radical (unpaired) electrons. The Morgan fingerprint density at radius 2 is 1.88 bits per heavy atom. The third-order valence-corrected chi connectivity index (χ3v) is 6.32. The van der Waals surface area contributed by atoms with E-state index in [0.29, 0.717) is 35.1 Å². The van der Waals surface area contributed by atoms with Crippen LogP contribution in [0.2, 0.25) is 0 Å². The molecule has 40 heavy (non-hydrogen) atoms. The molecule has 3 N–H and O–H groups in total. The summed E-state index contributed by atoms with van der Waals surface area (Å²) in [6, 6.07) is 2.91. The number of Topliss-reactive ketones (excluding diaryl/α,β-unsaturated/α-hetero) is 1. The number of rotatable bonds is 17. The number of nitrogens with one attached hydrogen (secondary N) is 2. The molecule has 1 heterocycles. The number of benzene rings is 1. The number of carbonyl (C=O) groups excluding carboxylic acids is 3. The van der Waals surface area contributed by atoms with Crippen LogP contribution in [-0.4, -0.2) is 83.0 Å². The van der Waals surface area contributed by atoms with Crippen LogP contribution in [0.3, 0.4) is 0 Å². The Balaban J connectivity index is 2.12. The molecule has 12 nitrogen and oxygen atoms in total. The Labute approximate surface area is 234 Å². The molecular weight excluding hydrogens is 518 g/mol. The number of aliphatic carboxylic acids is 1. The van der Waals surface area contributed by atoms with Crippen LogP contribution in [0.15, 0.2) is 22.7 Å². The predicted molar refractivity (Wildman–Crippen MR) is 148 cm³/mol. The number of ether oxygens (including phenoxy) is 1. The molecule has 2 aromatic rings. The fraction of sp³-hybridized carbons (Fsp3) is 0.571. The zero-order valence-corrected chi connectivity index (χ0v) is 24.2. The minimum absolute atomic E-state index is 0.0103. The maximum atomic E-state index is 13.2. The van der Waals surface area contributed by atoms with Gasteiger partial charge in [-0.05, 0) is 51.1 Å². The van der Waals surface area contributed by atoms with E-state index in [-0.39, 0.29) is 18.9 Å². The first-order valence-electron chi connectivity index (χ1n) is 13.5. The van der Waals surface area contributed by atoms with Gasteiger partial charge >= 0.3 is 5.97 Å². The number of hydrogen-bond acceptors (Lipinski definition) is 9. The number of aromatic nitrogens is 2. The molecule has 0 saturated heterocycles. The highest BCUT2D eigenvalue weighted by Gasteiger charge is 2.30. The lowest BCUT2D eigenvalue weighted by Crippen LogP contribution is -2.55. The predicted octanol–water partition coefficient (Wildman–Crippen LogP) is 2.39. The molecule has 0 fully saturated rings. The van der Waals surface area contributed by atoms with Gasteiger partial charge in [-0.2, -0.15) is 4.98 Å². The summed E-state index contributed by atoms with van der Waals surface area (Å²) in [5.41, 5.74) is 1.15. The van der Waals surface area contributed by atoms with Gasteiger partial charge < -0.3 is 25.0 Å². The van der Waals surface area contributed by atoms with E-state index in [0.717, 1.165) is 19.3 Å². The average molecular weight is 560 g/mol. The van der Waals surface area contributed by atoms with Gasteiger partial charge in [-0.25, -0.2) is 0 Å². The quantitative estimate of drug-likeness (QED) is 0.245. The molecule has 2 rings (SSSR count). The molecular formula is C28H41N5O7. The molecule has 1 aromatic heterocycles. The smallest absolute Gasteiger partial charge is 0.305 e. The average Bonchev–Trinajstić information content (AvgIpc) is 3.32. The van der Waals surface area contributed by atoms with Crippen molar-refractivity contribution in [2.75, 3.05) is 27.2 Å². The number of amides is 2. The van der Waals surface area contributed by atoms with Crippen molar-refractivity contribution < 1.29 is 33.5 Å². The number of methoxy groups -OCH3 is 1. The Morgan fingerprint density at radius 1 is 1.15 bits per heavy atom. The lowest BCUT2D eigenvalue weighted by atomic mass is 10.0. The number of carbonyl (C=O) groups is 4. The van der Waals surface area contributed by atoms with Gasteiger partial charge in [0, 0.05) is 11.1 Å². The van der Waals surface area contributed by atoms with E-state index in [1.165, 1.54) is 7.11 Å². The number of hydrogen-bond donors (Lipinski definition) is 3. The summed E-state index contributed by atoms with van der Waals surface area (Å²) in [6.45, 7) is 7.98. The summed E-state index contributed by atoms with van der Waals surface area (Å²) in [4.78, 5) is 56.6. The van der Waals surface area contributed by atoms with Crippen LogP contribution >= 0.6 is 0 Å². The molecule has 1 aromatic carbocycles. The molecule has 0 aliphatic heterocycles. The van der Waals surface area contributed by atoms with Gasteiger partial charge in [0.15, 0.2) is 11.6 Å². The number of ketones is 1. The number of carboxylic acids is 1. The van der Waals surface area contributed by atoms with Crippen molar-refractivity contribution in [3.8, 4) is 17.2 Å². The van der Waals surface area contributed by atoms with Crippen molar-refractivity contribution in [1.82, 2.24) is 25.7 Å². The van der Waals surface area contributed by atoms with Crippen molar-refractivity contribution in [3.63, 3.8) is 0 Å². The fourth-order valence-electron chi connectivity index (χ4n) is 4.16. The second-order valence-electron chi connectivity index (χ2n) is 10.2. The first kappa shape index (κ1) is 32.4. The summed E-state index contributed by atoms with van der Waals surface area (Å²) in [5.74, 6) is -1.79. The van der Waals surface area contributed by atoms with E-state index >= 15 is 0 Å². The van der Waals surface area contributed by atoms with E-state index in [4.69, 9.17) is 9.26 Å². The minimum Gasteiger partial charge on any atom is -0.496 e. The summed E-state index contributed by atoms with van der Waals surface area (Å²) < 4.78 is 10.6. The van der Waals surface area contributed by atoms with Crippen molar-refractivity contribution in [2.45, 2.75) is 71.9 Å². The van der Waals surface area contributed by atoms with Crippen LogP contribution in [0.4, 0.5) is 0 Å². The van der Waals surface area contributed by atoms with Crippen LogP contribution in [0, 0.1) is 12.8 Å². The third kappa shape index (κ3) is 10.1. The molecule has 0 aliphatic rings. The molecule has 12 heteroatoms. The number of carboxylic acid groups (broad SMARTS) is 1. The van der Waals surface area contributed by atoms with Gasteiger partial charge in [-0.3, -0.25) is 24.1 Å².